The molecule has 1 heterocycles. The molecule has 2 aromatic carbocycles. The van der Waals surface area contributed by atoms with Gasteiger partial charge in [0.2, 0.25) is 11.2 Å². The third-order valence-electron chi connectivity index (χ3n) is 7.52. The lowest BCUT2D eigenvalue weighted by molar-refractivity contribution is 0.290. The summed E-state index contributed by atoms with van der Waals surface area (Å²) in [5.74, 6) is 1.34. The molecule has 0 atom stereocenters. The fraction of sp³-hybridized carbons (Fsp3) is 0.486. The van der Waals surface area contributed by atoms with Crippen LogP contribution in [0.2, 0.25) is 0 Å². The summed E-state index contributed by atoms with van der Waals surface area (Å²) in [5.41, 5.74) is 2.81. The predicted molar refractivity (Wildman–Crippen MR) is 180 cm³/mol. The highest BCUT2D eigenvalue weighted by Crippen LogP contribution is 2.36. The molecule has 1 N–H and O–H groups in total. The van der Waals surface area contributed by atoms with E-state index in [9.17, 15) is 9.90 Å². The van der Waals surface area contributed by atoms with Crippen LogP contribution in [-0.2, 0) is 0 Å². The average Bonchev–Trinajstić information content (AvgIpc) is 2.99. The molecule has 0 saturated heterocycles. The van der Waals surface area contributed by atoms with Crippen LogP contribution in [-0.4, -0.2) is 49.5 Å². The smallest absolute Gasteiger partial charge is 0.239 e. The summed E-state index contributed by atoms with van der Waals surface area (Å²) < 4.78 is 24.0. The first-order valence-electron chi connectivity index (χ1n) is 16.0. The number of allylic oxidation sites excluding steroid dienone is 2. The molecule has 44 heavy (non-hydrogen) atoms. The van der Waals surface area contributed by atoms with Gasteiger partial charge >= 0.3 is 0 Å². The molecule has 0 saturated carbocycles. The highest BCUT2D eigenvalue weighted by atomic mass is 16.5. The molecule has 7 nitrogen and oxygen atoms in total. The van der Waals surface area contributed by atoms with Crippen molar-refractivity contribution in [2.45, 2.75) is 80.1 Å². The topological polar surface area (TPSA) is 81.4 Å². The quantitative estimate of drug-likeness (QED) is 0.108. The van der Waals surface area contributed by atoms with Gasteiger partial charge in [-0.3, -0.25) is 4.79 Å². The average molecular weight is 606 g/mol. The van der Waals surface area contributed by atoms with Crippen molar-refractivity contribution in [2.24, 2.45) is 0 Å². The second kappa shape index (κ2) is 18.2. The van der Waals surface area contributed by atoms with E-state index in [1.54, 1.807) is 6.07 Å². The number of phenols is 1. The Morgan fingerprint density at radius 3 is 2.00 bits per heavy atom. The minimum absolute atomic E-state index is 0.0770. The van der Waals surface area contributed by atoms with E-state index >= 15 is 0 Å². The molecule has 3 aromatic rings. The number of fused-ring (bicyclic) bond motifs is 1. The SMILES string of the molecule is CCN(CC)CCCCCCCCOc1c(-c2ccc(OCC=C(C)C)cc2)oc2cc(OCC=C(C)C)cc(O)c2c1=O. The maximum Gasteiger partial charge on any atom is 0.239 e. The summed E-state index contributed by atoms with van der Waals surface area (Å²) >= 11 is 0. The molecule has 0 unspecified atom stereocenters. The summed E-state index contributed by atoms with van der Waals surface area (Å²) in [6.45, 7) is 17.0. The molecular weight excluding hydrogens is 554 g/mol. The zero-order valence-electron chi connectivity index (χ0n) is 27.5. The molecule has 0 radical (unpaired) electrons. The van der Waals surface area contributed by atoms with E-state index in [0.717, 1.165) is 44.5 Å². The molecule has 0 spiro atoms. The number of hydrogen-bond acceptors (Lipinski definition) is 7. The van der Waals surface area contributed by atoms with Crippen molar-refractivity contribution < 1.29 is 23.7 Å². The van der Waals surface area contributed by atoms with Gasteiger partial charge in [0.05, 0.1) is 6.61 Å². The maximum atomic E-state index is 13.7. The number of aromatic hydroxyl groups is 1. The van der Waals surface area contributed by atoms with Crippen LogP contribution in [0.3, 0.4) is 0 Å². The van der Waals surface area contributed by atoms with E-state index in [1.807, 2.05) is 64.1 Å². The van der Waals surface area contributed by atoms with Crippen molar-refractivity contribution in [3.8, 4) is 34.3 Å². The summed E-state index contributed by atoms with van der Waals surface area (Å²) in [6.07, 6.45) is 10.6. The fourth-order valence-corrected chi connectivity index (χ4v) is 4.83. The first-order chi connectivity index (χ1) is 21.2. The molecule has 0 aliphatic carbocycles. The van der Waals surface area contributed by atoms with E-state index in [-0.39, 0.29) is 22.5 Å². The van der Waals surface area contributed by atoms with Crippen LogP contribution >= 0.6 is 0 Å². The molecular formula is C37H51NO6. The number of unbranched alkanes of at least 4 members (excludes halogenated alkanes) is 5. The van der Waals surface area contributed by atoms with Crippen molar-refractivity contribution in [2.75, 3.05) is 39.5 Å². The summed E-state index contributed by atoms with van der Waals surface area (Å²) in [7, 11) is 0. The molecule has 0 bridgehead atoms. The largest absolute Gasteiger partial charge is 0.507 e. The molecule has 0 amide bonds. The van der Waals surface area contributed by atoms with Crippen LogP contribution in [0, 0.1) is 0 Å². The monoisotopic (exact) mass is 605 g/mol. The standard InChI is InChI=1S/C37H51NO6/c1-7-38(8-2)21-13-11-9-10-12-14-22-43-37-35(40)34-32(39)25-31(42-24-20-28(5)6)26-33(34)44-36(37)29-15-17-30(18-16-29)41-23-19-27(3)4/h15-20,25-26,39H,7-14,21-24H2,1-6H3. The Morgan fingerprint density at radius 2 is 1.39 bits per heavy atom. The van der Waals surface area contributed by atoms with Crippen molar-refractivity contribution in [1.29, 1.82) is 0 Å². The molecule has 0 aliphatic heterocycles. The maximum absolute atomic E-state index is 13.7. The lowest BCUT2D eigenvalue weighted by Gasteiger charge is -2.17. The Hall–Kier alpha value is -3.71. The number of nitrogens with zero attached hydrogens (tertiary/aromatic N) is 1. The Kier molecular flexibility index (Phi) is 14.4. The van der Waals surface area contributed by atoms with E-state index in [4.69, 9.17) is 18.6 Å². The van der Waals surface area contributed by atoms with Gasteiger partial charge in [-0.1, -0.05) is 50.7 Å². The Labute approximate surface area is 263 Å². The van der Waals surface area contributed by atoms with Crippen LogP contribution < -0.4 is 19.6 Å². The Bertz CT molecular complexity index is 1430. The third-order valence-corrected chi connectivity index (χ3v) is 7.52. The number of phenolic OH excluding ortho intramolecular Hbond substituents is 1. The van der Waals surface area contributed by atoms with Gasteiger partial charge in [-0.15, -0.1) is 0 Å². The first-order valence-corrected chi connectivity index (χ1v) is 16.0. The number of rotatable bonds is 19. The molecule has 7 heteroatoms. The minimum Gasteiger partial charge on any atom is -0.507 e. The van der Waals surface area contributed by atoms with Gasteiger partial charge in [-0.05, 0) is 96.6 Å². The Balaban J connectivity index is 1.78. The van der Waals surface area contributed by atoms with E-state index in [2.05, 4.69) is 18.7 Å². The zero-order chi connectivity index (χ0) is 31.9. The van der Waals surface area contributed by atoms with Crippen molar-refractivity contribution in [3.63, 3.8) is 0 Å². The third kappa shape index (κ3) is 10.8. The molecule has 0 aliphatic rings. The van der Waals surface area contributed by atoms with Gasteiger partial charge in [0, 0.05) is 17.7 Å². The van der Waals surface area contributed by atoms with E-state index in [1.165, 1.54) is 30.9 Å². The summed E-state index contributed by atoms with van der Waals surface area (Å²) in [4.78, 5) is 16.2. The highest BCUT2D eigenvalue weighted by Gasteiger charge is 2.21. The lowest BCUT2D eigenvalue weighted by Crippen LogP contribution is -2.23. The zero-order valence-corrected chi connectivity index (χ0v) is 27.5. The fourth-order valence-electron chi connectivity index (χ4n) is 4.83. The summed E-state index contributed by atoms with van der Waals surface area (Å²) in [5, 5.41) is 10.9. The van der Waals surface area contributed by atoms with Crippen LogP contribution in [0.15, 0.2) is 68.9 Å². The van der Waals surface area contributed by atoms with Crippen molar-refractivity contribution in [1.82, 2.24) is 4.90 Å². The predicted octanol–water partition coefficient (Wildman–Crippen LogP) is 8.92. The molecule has 240 valence electrons. The molecule has 0 fully saturated rings. The van der Waals surface area contributed by atoms with Crippen LogP contribution in [0.5, 0.6) is 23.0 Å². The lowest BCUT2D eigenvalue weighted by atomic mass is 10.1. The second-order valence-corrected chi connectivity index (χ2v) is 11.6. The Morgan fingerprint density at radius 1 is 0.795 bits per heavy atom. The summed E-state index contributed by atoms with van der Waals surface area (Å²) in [6, 6.07) is 10.5. The molecule has 3 rings (SSSR count). The second-order valence-electron chi connectivity index (χ2n) is 11.6. The van der Waals surface area contributed by atoms with Gasteiger partial charge in [-0.2, -0.15) is 0 Å². The van der Waals surface area contributed by atoms with Crippen LogP contribution in [0.25, 0.3) is 22.3 Å². The van der Waals surface area contributed by atoms with Crippen molar-refractivity contribution >= 4 is 11.0 Å². The van der Waals surface area contributed by atoms with Gasteiger partial charge in [-0.25, -0.2) is 0 Å². The number of hydrogen-bond donors (Lipinski definition) is 1. The number of benzene rings is 2. The van der Waals surface area contributed by atoms with E-state index < -0.39 is 5.43 Å². The van der Waals surface area contributed by atoms with Crippen molar-refractivity contribution in [3.05, 3.63) is 69.9 Å². The highest BCUT2D eigenvalue weighted by molar-refractivity contribution is 5.88. The van der Waals surface area contributed by atoms with Gasteiger partial charge in [0.15, 0.2) is 5.76 Å². The van der Waals surface area contributed by atoms with Gasteiger partial charge < -0.3 is 28.6 Å². The minimum atomic E-state index is -0.408. The van der Waals surface area contributed by atoms with Gasteiger partial charge in [0.25, 0.3) is 0 Å². The van der Waals surface area contributed by atoms with Crippen LogP contribution in [0.4, 0.5) is 0 Å². The normalized spacial score (nSPS) is 11.1. The van der Waals surface area contributed by atoms with E-state index in [0.29, 0.717) is 42.6 Å². The van der Waals surface area contributed by atoms with Crippen LogP contribution in [0.1, 0.15) is 80.1 Å². The van der Waals surface area contributed by atoms with Gasteiger partial charge in [0.1, 0.15) is 41.4 Å². The first kappa shape index (κ1) is 34.8. The molecule has 1 aromatic heterocycles. The number of ether oxygens (including phenoxy) is 3.